The zero-order chi connectivity index (χ0) is 21.4. The third-order valence-electron chi connectivity index (χ3n) is 6.44. The Morgan fingerprint density at radius 1 is 1.00 bits per heavy atom. The lowest BCUT2D eigenvalue weighted by atomic mass is 9.87. The predicted molar refractivity (Wildman–Crippen MR) is 115 cm³/mol. The van der Waals surface area contributed by atoms with Crippen LogP contribution in [0.2, 0.25) is 0 Å². The van der Waals surface area contributed by atoms with Crippen LogP contribution in [0.5, 0.6) is 0 Å². The minimum absolute atomic E-state index is 0.0349. The summed E-state index contributed by atoms with van der Waals surface area (Å²) in [4.78, 5) is 18.0. The van der Waals surface area contributed by atoms with Crippen molar-refractivity contribution in [3.05, 3.63) is 76.6 Å². The van der Waals surface area contributed by atoms with Crippen molar-refractivity contribution in [2.24, 2.45) is 0 Å². The van der Waals surface area contributed by atoms with E-state index in [1.165, 1.54) is 17.2 Å². The number of nitrogens with one attached hydrogen (secondary N) is 1. The molecule has 0 saturated carbocycles. The van der Waals surface area contributed by atoms with Crippen molar-refractivity contribution in [2.75, 3.05) is 0 Å². The van der Waals surface area contributed by atoms with Crippen LogP contribution in [0.25, 0.3) is 11.4 Å². The molecular weight excluding hydrogens is 396 g/mol. The van der Waals surface area contributed by atoms with Crippen LogP contribution < -0.4 is 5.32 Å². The molecule has 5 rings (SSSR count). The van der Waals surface area contributed by atoms with Crippen LogP contribution in [-0.2, 0) is 19.4 Å². The lowest BCUT2D eigenvalue weighted by Crippen LogP contribution is -2.32. The Hall–Kier alpha value is -3.02. The number of fused-ring (bicyclic) bond motifs is 2. The van der Waals surface area contributed by atoms with E-state index in [9.17, 15) is 13.6 Å². The molecule has 31 heavy (non-hydrogen) atoms. The minimum Gasteiger partial charge on any atom is -0.344 e. The van der Waals surface area contributed by atoms with Crippen molar-refractivity contribution in [3.8, 4) is 11.4 Å². The predicted octanol–water partition coefficient (Wildman–Crippen LogP) is 5.36. The molecule has 0 radical (unpaired) electrons. The molecule has 2 heterocycles. The van der Waals surface area contributed by atoms with Crippen LogP contribution in [-0.4, -0.2) is 15.5 Å². The summed E-state index contributed by atoms with van der Waals surface area (Å²) < 4.78 is 29.4. The van der Waals surface area contributed by atoms with Crippen molar-refractivity contribution in [1.82, 2.24) is 14.9 Å². The van der Waals surface area contributed by atoms with Crippen LogP contribution in [0.1, 0.15) is 65.5 Å². The Bertz CT molecular complexity index is 1140. The van der Waals surface area contributed by atoms with Crippen molar-refractivity contribution in [1.29, 1.82) is 0 Å². The highest BCUT2D eigenvalue weighted by atomic mass is 19.2. The van der Waals surface area contributed by atoms with Gasteiger partial charge in [0.1, 0.15) is 11.5 Å². The SMILES string of the molecule is O=C(N[C@@H]1CCCc2ccccc21)c1nc(-c2ccc(F)c(F)c2)n2c1CCCCC2. The molecule has 0 saturated heterocycles. The van der Waals surface area contributed by atoms with E-state index in [0.29, 0.717) is 17.1 Å². The summed E-state index contributed by atoms with van der Waals surface area (Å²) in [6, 6.07) is 12.0. The van der Waals surface area contributed by atoms with Gasteiger partial charge in [0, 0.05) is 12.1 Å². The van der Waals surface area contributed by atoms with Gasteiger partial charge in [0.2, 0.25) is 0 Å². The standard InChI is InChI=1S/C25H25F2N3O/c26-19-13-12-17(15-20(19)27)24-29-23(22-11-2-1-5-14-30(22)24)25(31)28-21-10-6-8-16-7-3-4-9-18(16)21/h3-4,7,9,12-13,15,21H,1-2,5-6,8,10-11,14H2,(H,28,31)/t21-/m1/s1. The zero-order valence-corrected chi connectivity index (χ0v) is 17.3. The highest BCUT2D eigenvalue weighted by Gasteiger charge is 2.28. The third-order valence-corrected chi connectivity index (χ3v) is 6.44. The van der Waals surface area contributed by atoms with Gasteiger partial charge in [0.05, 0.1) is 11.7 Å². The molecule has 2 aliphatic rings. The molecule has 1 N–H and O–H groups in total. The van der Waals surface area contributed by atoms with Gasteiger partial charge in [-0.1, -0.05) is 30.7 Å². The maximum Gasteiger partial charge on any atom is 0.272 e. The average molecular weight is 421 g/mol. The Morgan fingerprint density at radius 2 is 1.87 bits per heavy atom. The largest absolute Gasteiger partial charge is 0.344 e. The number of hydrogen-bond acceptors (Lipinski definition) is 2. The number of amides is 1. The van der Waals surface area contributed by atoms with Gasteiger partial charge in [-0.3, -0.25) is 4.79 Å². The highest BCUT2D eigenvalue weighted by Crippen LogP contribution is 2.31. The number of nitrogens with zero attached hydrogens (tertiary/aromatic N) is 2. The summed E-state index contributed by atoms with van der Waals surface area (Å²) in [6.45, 7) is 0.718. The number of aryl methyl sites for hydroxylation is 1. The van der Waals surface area contributed by atoms with Crippen molar-refractivity contribution >= 4 is 5.91 Å². The highest BCUT2D eigenvalue weighted by molar-refractivity contribution is 5.94. The molecule has 6 heteroatoms. The van der Waals surface area contributed by atoms with E-state index in [0.717, 1.165) is 69.3 Å². The van der Waals surface area contributed by atoms with E-state index in [1.807, 2.05) is 16.7 Å². The summed E-state index contributed by atoms with van der Waals surface area (Å²) in [7, 11) is 0. The topological polar surface area (TPSA) is 46.9 Å². The first-order chi connectivity index (χ1) is 15.1. The first kappa shape index (κ1) is 19.9. The van der Waals surface area contributed by atoms with Crippen LogP contribution in [0.15, 0.2) is 42.5 Å². The lowest BCUT2D eigenvalue weighted by molar-refractivity contribution is 0.0927. The fourth-order valence-corrected chi connectivity index (χ4v) is 4.89. The third kappa shape index (κ3) is 3.75. The number of carbonyl (C=O) groups excluding carboxylic acids is 1. The van der Waals surface area contributed by atoms with Gasteiger partial charge in [-0.2, -0.15) is 0 Å². The van der Waals surface area contributed by atoms with E-state index >= 15 is 0 Å². The Labute approximate surface area is 180 Å². The van der Waals surface area contributed by atoms with Crippen LogP contribution >= 0.6 is 0 Å². The van der Waals surface area contributed by atoms with Crippen LogP contribution in [0.3, 0.4) is 0 Å². The molecule has 0 bridgehead atoms. The smallest absolute Gasteiger partial charge is 0.272 e. The number of benzene rings is 2. The molecule has 1 amide bonds. The molecule has 0 fully saturated rings. The molecule has 1 aliphatic carbocycles. The molecule has 0 unspecified atom stereocenters. The van der Waals surface area contributed by atoms with Gasteiger partial charge < -0.3 is 9.88 Å². The Morgan fingerprint density at radius 3 is 2.74 bits per heavy atom. The number of halogens is 2. The number of aromatic nitrogens is 2. The molecule has 0 spiro atoms. The normalized spacial score (nSPS) is 18.1. The van der Waals surface area contributed by atoms with E-state index in [2.05, 4.69) is 22.4 Å². The van der Waals surface area contributed by atoms with Gasteiger partial charge in [-0.05, 0) is 67.9 Å². The first-order valence-corrected chi connectivity index (χ1v) is 11.1. The molecule has 1 aliphatic heterocycles. The molecule has 1 atom stereocenters. The first-order valence-electron chi connectivity index (χ1n) is 11.1. The van der Waals surface area contributed by atoms with Gasteiger partial charge >= 0.3 is 0 Å². The number of imidazole rings is 1. The minimum atomic E-state index is -0.909. The Balaban J connectivity index is 1.51. The average Bonchev–Trinajstić information content (AvgIpc) is 2.97. The lowest BCUT2D eigenvalue weighted by Gasteiger charge is -2.26. The van der Waals surface area contributed by atoms with E-state index in [1.54, 1.807) is 0 Å². The summed E-state index contributed by atoms with van der Waals surface area (Å²) in [5.41, 5.74) is 4.24. The second-order valence-corrected chi connectivity index (χ2v) is 8.44. The van der Waals surface area contributed by atoms with Crippen molar-refractivity contribution in [2.45, 2.75) is 57.5 Å². The number of carbonyl (C=O) groups is 1. The molecular formula is C25H25F2N3O. The monoisotopic (exact) mass is 421 g/mol. The fraction of sp³-hybridized carbons (Fsp3) is 0.360. The van der Waals surface area contributed by atoms with E-state index in [-0.39, 0.29) is 11.9 Å². The quantitative estimate of drug-likeness (QED) is 0.619. The van der Waals surface area contributed by atoms with E-state index in [4.69, 9.17) is 0 Å². The number of rotatable bonds is 3. The van der Waals surface area contributed by atoms with Gasteiger partial charge in [0.25, 0.3) is 5.91 Å². The van der Waals surface area contributed by atoms with Gasteiger partial charge in [-0.15, -0.1) is 0 Å². The molecule has 3 aromatic rings. The van der Waals surface area contributed by atoms with Crippen molar-refractivity contribution < 1.29 is 13.6 Å². The Kier molecular flexibility index (Phi) is 5.30. The molecule has 160 valence electrons. The molecule has 1 aromatic heterocycles. The van der Waals surface area contributed by atoms with Crippen LogP contribution in [0.4, 0.5) is 8.78 Å². The second-order valence-electron chi connectivity index (χ2n) is 8.44. The maximum absolute atomic E-state index is 13.9. The fourth-order valence-electron chi connectivity index (χ4n) is 4.89. The van der Waals surface area contributed by atoms with Crippen LogP contribution in [0, 0.1) is 11.6 Å². The van der Waals surface area contributed by atoms with E-state index < -0.39 is 11.6 Å². The maximum atomic E-state index is 13.9. The summed E-state index contributed by atoms with van der Waals surface area (Å²) in [6.07, 6.45) is 6.73. The summed E-state index contributed by atoms with van der Waals surface area (Å²) in [5.74, 6) is -1.46. The summed E-state index contributed by atoms with van der Waals surface area (Å²) >= 11 is 0. The number of hydrogen-bond donors (Lipinski definition) is 1. The van der Waals surface area contributed by atoms with Gasteiger partial charge in [-0.25, -0.2) is 13.8 Å². The second kappa shape index (κ2) is 8.25. The molecule has 4 nitrogen and oxygen atoms in total. The van der Waals surface area contributed by atoms with Crippen molar-refractivity contribution in [3.63, 3.8) is 0 Å². The zero-order valence-electron chi connectivity index (χ0n) is 17.3. The van der Waals surface area contributed by atoms with Gasteiger partial charge in [0.15, 0.2) is 11.6 Å². The summed E-state index contributed by atoms with van der Waals surface area (Å²) in [5, 5.41) is 3.20. The molecule has 2 aromatic carbocycles.